The molecular formula is C12H14BrFN2O3. The third-order valence-electron chi connectivity index (χ3n) is 2.38. The van der Waals surface area contributed by atoms with Crippen molar-refractivity contribution < 1.29 is 18.7 Å². The van der Waals surface area contributed by atoms with Crippen molar-refractivity contribution in [3.05, 3.63) is 28.0 Å². The van der Waals surface area contributed by atoms with Crippen molar-refractivity contribution in [1.82, 2.24) is 4.90 Å². The van der Waals surface area contributed by atoms with E-state index in [4.69, 9.17) is 10.5 Å². The molecule has 0 bridgehead atoms. The van der Waals surface area contributed by atoms with E-state index in [-0.39, 0.29) is 21.6 Å². The Balaban J connectivity index is 2.90. The Morgan fingerprint density at radius 2 is 2.00 bits per heavy atom. The maximum Gasteiger partial charge on any atom is 0.340 e. The molecule has 19 heavy (non-hydrogen) atoms. The number of rotatable bonds is 3. The highest BCUT2D eigenvalue weighted by atomic mass is 79.9. The topological polar surface area (TPSA) is 72.6 Å². The number of hydrogen-bond donors (Lipinski definition) is 1. The molecule has 2 N–H and O–H groups in total. The number of carbonyl (C=O) groups excluding carboxylic acids is 2. The monoisotopic (exact) mass is 332 g/mol. The van der Waals surface area contributed by atoms with Crippen LogP contribution in [0.2, 0.25) is 0 Å². The molecule has 7 heteroatoms. The fourth-order valence-corrected chi connectivity index (χ4v) is 1.84. The molecule has 1 amide bonds. The van der Waals surface area contributed by atoms with Crippen LogP contribution in [0.4, 0.5) is 10.1 Å². The van der Waals surface area contributed by atoms with Crippen molar-refractivity contribution >= 4 is 33.5 Å². The van der Waals surface area contributed by atoms with Crippen LogP contribution in [0.3, 0.4) is 0 Å². The lowest BCUT2D eigenvalue weighted by atomic mass is 10.2. The van der Waals surface area contributed by atoms with Gasteiger partial charge in [-0.25, -0.2) is 9.18 Å². The standard InChI is InChI=1S/C12H14BrFN2O3/c1-6(11(17)16(2)3)19-12(18)7-4-10(15)9(14)5-8(7)13/h4-6H,15H2,1-3H3. The average molecular weight is 333 g/mol. The summed E-state index contributed by atoms with van der Waals surface area (Å²) in [6.07, 6.45) is -0.930. The number of hydrogen-bond acceptors (Lipinski definition) is 4. The minimum Gasteiger partial charge on any atom is -0.449 e. The van der Waals surface area contributed by atoms with E-state index in [2.05, 4.69) is 15.9 Å². The smallest absolute Gasteiger partial charge is 0.340 e. The molecule has 0 fully saturated rings. The van der Waals surface area contributed by atoms with Crippen LogP contribution in [0.5, 0.6) is 0 Å². The van der Waals surface area contributed by atoms with Crippen LogP contribution < -0.4 is 5.73 Å². The minimum absolute atomic E-state index is 0.0670. The van der Waals surface area contributed by atoms with Crippen molar-refractivity contribution in [2.24, 2.45) is 0 Å². The summed E-state index contributed by atoms with van der Waals surface area (Å²) in [5.41, 5.74) is 5.29. The number of benzene rings is 1. The quantitative estimate of drug-likeness (QED) is 0.676. The van der Waals surface area contributed by atoms with Gasteiger partial charge in [0, 0.05) is 18.6 Å². The van der Waals surface area contributed by atoms with E-state index in [9.17, 15) is 14.0 Å². The van der Waals surface area contributed by atoms with Gasteiger partial charge in [0.1, 0.15) is 5.82 Å². The highest BCUT2D eigenvalue weighted by Gasteiger charge is 2.22. The Morgan fingerprint density at radius 1 is 1.42 bits per heavy atom. The van der Waals surface area contributed by atoms with E-state index in [0.717, 1.165) is 12.1 Å². The van der Waals surface area contributed by atoms with Gasteiger partial charge in [-0.15, -0.1) is 0 Å². The normalized spacial score (nSPS) is 11.8. The zero-order valence-corrected chi connectivity index (χ0v) is 12.3. The summed E-state index contributed by atoms with van der Waals surface area (Å²) in [4.78, 5) is 24.7. The van der Waals surface area contributed by atoms with Gasteiger partial charge in [-0.2, -0.15) is 0 Å². The Labute approximate surface area is 118 Å². The third-order valence-corrected chi connectivity index (χ3v) is 3.03. The Morgan fingerprint density at radius 3 is 2.53 bits per heavy atom. The van der Waals surface area contributed by atoms with Gasteiger partial charge < -0.3 is 15.4 Å². The second-order valence-corrected chi connectivity index (χ2v) is 4.99. The summed E-state index contributed by atoms with van der Waals surface area (Å²) >= 11 is 3.05. The lowest BCUT2D eigenvalue weighted by Crippen LogP contribution is -2.35. The molecular weight excluding hydrogens is 319 g/mol. The predicted octanol–water partition coefficient (Wildman–Crippen LogP) is 1.80. The SMILES string of the molecule is CC(OC(=O)c1cc(N)c(F)cc1Br)C(=O)N(C)C. The van der Waals surface area contributed by atoms with Gasteiger partial charge in [-0.1, -0.05) is 0 Å². The van der Waals surface area contributed by atoms with Crippen LogP contribution >= 0.6 is 15.9 Å². The predicted molar refractivity (Wildman–Crippen MR) is 72.1 cm³/mol. The maximum atomic E-state index is 13.2. The molecule has 0 radical (unpaired) electrons. The molecule has 0 aromatic heterocycles. The third kappa shape index (κ3) is 3.66. The summed E-state index contributed by atoms with van der Waals surface area (Å²) < 4.78 is 18.4. The first kappa shape index (κ1) is 15.4. The van der Waals surface area contributed by atoms with E-state index < -0.39 is 17.9 Å². The van der Waals surface area contributed by atoms with Crippen LogP contribution in [0, 0.1) is 5.82 Å². The molecule has 1 aromatic rings. The first-order chi connectivity index (χ1) is 8.73. The maximum absolute atomic E-state index is 13.2. The number of anilines is 1. The number of nitrogens with zero attached hydrogens (tertiary/aromatic N) is 1. The number of amides is 1. The molecule has 0 saturated heterocycles. The van der Waals surface area contributed by atoms with Gasteiger partial charge in [0.2, 0.25) is 0 Å². The van der Waals surface area contributed by atoms with Crippen LogP contribution in [0.25, 0.3) is 0 Å². The molecule has 0 spiro atoms. The largest absolute Gasteiger partial charge is 0.449 e. The second kappa shape index (κ2) is 6.01. The molecule has 1 aromatic carbocycles. The molecule has 1 unspecified atom stereocenters. The van der Waals surface area contributed by atoms with Gasteiger partial charge in [0.05, 0.1) is 11.3 Å². The molecule has 104 valence electrons. The summed E-state index contributed by atoms with van der Waals surface area (Å²) in [6.45, 7) is 1.46. The van der Waals surface area contributed by atoms with Gasteiger partial charge in [0.25, 0.3) is 5.91 Å². The van der Waals surface area contributed by atoms with E-state index in [1.807, 2.05) is 0 Å². The van der Waals surface area contributed by atoms with E-state index in [1.165, 1.54) is 11.8 Å². The van der Waals surface area contributed by atoms with E-state index in [1.54, 1.807) is 14.1 Å². The number of esters is 1. The lowest BCUT2D eigenvalue weighted by Gasteiger charge is -2.17. The highest BCUT2D eigenvalue weighted by molar-refractivity contribution is 9.10. The minimum atomic E-state index is -0.930. The molecule has 0 aliphatic rings. The number of halogens is 2. The van der Waals surface area contributed by atoms with Crippen molar-refractivity contribution in [3.8, 4) is 0 Å². The molecule has 0 aliphatic heterocycles. The van der Waals surface area contributed by atoms with E-state index >= 15 is 0 Å². The molecule has 5 nitrogen and oxygen atoms in total. The molecule has 1 rings (SSSR count). The fourth-order valence-electron chi connectivity index (χ4n) is 1.36. The van der Waals surface area contributed by atoms with Gasteiger partial charge in [-0.05, 0) is 35.0 Å². The summed E-state index contributed by atoms with van der Waals surface area (Å²) in [6, 6.07) is 2.24. The number of nitrogens with two attached hydrogens (primary N) is 1. The number of nitrogen functional groups attached to an aromatic ring is 1. The summed E-state index contributed by atoms with van der Waals surface area (Å²) in [5.74, 6) is -1.73. The van der Waals surface area contributed by atoms with Crippen LogP contribution in [-0.4, -0.2) is 37.0 Å². The zero-order valence-electron chi connectivity index (χ0n) is 10.7. The van der Waals surface area contributed by atoms with Crippen LogP contribution in [0.1, 0.15) is 17.3 Å². The van der Waals surface area contributed by atoms with Crippen LogP contribution in [0.15, 0.2) is 16.6 Å². The van der Waals surface area contributed by atoms with Gasteiger partial charge in [0.15, 0.2) is 6.10 Å². The molecule has 0 heterocycles. The van der Waals surface area contributed by atoms with Crippen molar-refractivity contribution in [1.29, 1.82) is 0 Å². The molecule has 1 atom stereocenters. The average Bonchev–Trinajstić information content (AvgIpc) is 2.32. The second-order valence-electron chi connectivity index (χ2n) is 4.13. The van der Waals surface area contributed by atoms with Crippen LogP contribution in [-0.2, 0) is 9.53 Å². The molecule has 0 saturated carbocycles. The molecule has 0 aliphatic carbocycles. The highest BCUT2D eigenvalue weighted by Crippen LogP contribution is 2.23. The Bertz CT molecular complexity index is 520. The van der Waals surface area contributed by atoms with Gasteiger partial charge in [-0.3, -0.25) is 4.79 Å². The number of likely N-dealkylation sites (N-methyl/N-ethyl adjacent to an activating group) is 1. The van der Waals surface area contributed by atoms with E-state index in [0.29, 0.717) is 0 Å². The summed E-state index contributed by atoms with van der Waals surface area (Å²) in [5, 5.41) is 0. The van der Waals surface area contributed by atoms with Crippen molar-refractivity contribution in [2.45, 2.75) is 13.0 Å². The number of carbonyl (C=O) groups is 2. The Kier molecular flexibility index (Phi) is 4.88. The lowest BCUT2D eigenvalue weighted by molar-refractivity contribution is -0.137. The fraction of sp³-hybridized carbons (Fsp3) is 0.333. The Hall–Kier alpha value is -1.63. The van der Waals surface area contributed by atoms with Crippen molar-refractivity contribution in [3.63, 3.8) is 0 Å². The first-order valence-electron chi connectivity index (χ1n) is 5.40. The van der Waals surface area contributed by atoms with Gasteiger partial charge >= 0.3 is 5.97 Å². The van der Waals surface area contributed by atoms with Crippen molar-refractivity contribution in [2.75, 3.05) is 19.8 Å². The summed E-state index contributed by atoms with van der Waals surface area (Å²) in [7, 11) is 3.11. The zero-order chi connectivity index (χ0) is 14.7. The number of ether oxygens (including phenoxy) is 1. The first-order valence-corrected chi connectivity index (χ1v) is 6.20.